The Morgan fingerprint density at radius 3 is 2.78 bits per heavy atom. The summed E-state index contributed by atoms with van der Waals surface area (Å²) in [4.78, 5) is 11.7. The lowest BCUT2D eigenvalue weighted by Gasteiger charge is -2.09. The van der Waals surface area contributed by atoms with Gasteiger partial charge >= 0.3 is 0 Å². The molecule has 0 amide bonds. The monoisotopic (exact) mass is 266 g/mol. The van der Waals surface area contributed by atoms with Crippen molar-refractivity contribution in [2.45, 2.75) is 26.9 Å². The van der Waals surface area contributed by atoms with Crippen molar-refractivity contribution in [2.24, 2.45) is 0 Å². The zero-order chi connectivity index (χ0) is 13.1. The van der Waals surface area contributed by atoms with Gasteiger partial charge in [-0.3, -0.25) is 9.48 Å². The van der Waals surface area contributed by atoms with Crippen LogP contribution in [0.25, 0.3) is 0 Å². The van der Waals surface area contributed by atoms with Crippen LogP contribution in [-0.2, 0) is 13.1 Å². The van der Waals surface area contributed by atoms with Gasteiger partial charge in [-0.25, -0.2) is 0 Å². The molecule has 0 aliphatic heterocycles. The fourth-order valence-electron chi connectivity index (χ4n) is 2.05. The molecule has 0 fully saturated rings. The van der Waals surface area contributed by atoms with Gasteiger partial charge in [0.1, 0.15) is 0 Å². The first-order valence-corrected chi connectivity index (χ1v) is 6.27. The second-order valence-electron chi connectivity index (χ2n) is 4.16. The molecule has 0 saturated carbocycles. The van der Waals surface area contributed by atoms with Crippen LogP contribution < -0.4 is 0 Å². The molecule has 96 valence electrons. The highest BCUT2D eigenvalue weighted by molar-refractivity contribution is 6.30. The molecule has 2 heterocycles. The highest BCUT2D eigenvalue weighted by Gasteiger charge is 2.14. The third kappa shape index (κ3) is 2.46. The van der Waals surface area contributed by atoms with Crippen molar-refractivity contribution in [3.63, 3.8) is 0 Å². The maximum atomic E-state index is 11.7. The molecule has 6 heteroatoms. The van der Waals surface area contributed by atoms with E-state index in [1.165, 1.54) is 0 Å². The van der Waals surface area contributed by atoms with Crippen molar-refractivity contribution >= 4 is 17.4 Å². The lowest BCUT2D eigenvalue weighted by molar-refractivity contribution is 0.102. The van der Waals surface area contributed by atoms with Crippen LogP contribution >= 0.6 is 11.6 Å². The molecule has 0 aliphatic rings. The van der Waals surface area contributed by atoms with Gasteiger partial charge in [0.25, 0.3) is 0 Å². The summed E-state index contributed by atoms with van der Waals surface area (Å²) in [5.41, 5.74) is 2.72. The summed E-state index contributed by atoms with van der Waals surface area (Å²) in [6.45, 7) is 5.41. The molecule has 0 unspecified atom stereocenters. The van der Waals surface area contributed by atoms with Crippen LogP contribution in [0.1, 0.15) is 21.7 Å². The van der Waals surface area contributed by atoms with Crippen molar-refractivity contribution in [1.29, 1.82) is 0 Å². The zero-order valence-corrected chi connectivity index (χ0v) is 11.2. The van der Waals surface area contributed by atoms with E-state index in [1.807, 2.05) is 26.1 Å². The number of carbonyl (C=O) groups excluding carboxylic acids is 1. The van der Waals surface area contributed by atoms with E-state index in [0.717, 1.165) is 24.5 Å². The molecule has 0 radical (unpaired) electrons. The zero-order valence-electron chi connectivity index (χ0n) is 10.4. The van der Waals surface area contributed by atoms with E-state index in [2.05, 4.69) is 14.9 Å². The molecule has 0 aromatic carbocycles. The largest absolute Gasteiger partial charge is 0.347 e. The van der Waals surface area contributed by atoms with Crippen LogP contribution in [0.4, 0.5) is 0 Å². The number of hydrogen-bond donors (Lipinski definition) is 0. The highest BCUT2D eigenvalue weighted by Crippen LogP contribution is 2.16. The van der Waals surface area contributed by atoms with Gasteiger partial charge in [-0.1, -0.05) is 5.21 Å². The van der Waals surface area contributed by atoms with Gasteiger partial charge in [0.15, 0.2) is 5.78 Å². The van der Waals surface area contributed by atoms with E-state index in [-0.39, 0.29) is 11.7 Å². The normalized spacial score (nSPS) is 10.8. The minimum atomic E-state index is -0.0308. The Bertz CT molecular complexity index is 545. The molecule has 18 heavy (non-hydrogen) atoms. The number of alkyl halides is 1. The third-order valence-corrected chi connectivity index (χ3v) is 3.26. The van der Waals surface area contributed by atoms with Crippen molar-refractivity contribution in [1.82, 2.24) is 19.6 Å². The lowest BCUT2D eigenvalue weighted by atomic mass is 10.2. The first-order chi connectivity index (χ1) is 8.63. The van der Waals surface area contributed by atoms with Crippen LogP contribution in [0.3, 0.4) is 0 Å². The van der Waals surface area contributed by atoms with Gasteiger partial charge in [-0.05, 0) is 19.9 Å². The van der Waals surface area contributed by atoms with E-state index in [4.69, 9.17) is 11.6 Å². The summed E-state index contributed by atoms with van der Waals surface area (Å²) in [6.07, 6.45) is 3.47. The number of aryl methyl sites for hydroxylation is 2. The average molecular weight is 267 g/mol. The maximum Gasteiger partial charge on any atom is 0.179 e. The maximum absolute atomic E-state index is 11.7. The summed E-state index contributed by atoms with van der Waals surface area (Å²) in [5, 5.41) is 7.67. The number of Topliss-reactive ketones (excluding diaryl/α,β-unsaturated/α-hetero) is 1. The minimum Gasteiger partial charge on any atom is -0.347 e. The van der Waals surface area contributed by atoms with Crippen molar-refractivity contribution < 1.29 is 4.79 Å². The number of rotatable bonds is 5. The van der Waals surface area contributed by atoms with Crippen LogP contribution in [-0.4, -0.2) is 31.2 Å². The first kappa shape index (κ1) is 12.8. The number of aromatic nitrogens is 4. The first-order valence-electron chi connectivity index (χ1n) is 5.73. The Morgan fingerprint density at radius 1 is 1.39 bits per heavy atom. The Balaban J connectivity index is 2.18. The van der Waals surface area contributed by atoms with E-state index in [9.17, 15) is 4.79 Å². The fraction of sp³-hybridized carbons (Fsp3) is 0.417. The number of nitrogens with zero attached hydrogens (tertiary/aromatic N) is 4. The van der Waals surface area contributed by atoms with Crippen LogP contribution in [0, 0.1) is 13.8 Å². The molecular formula is C12H15ClN4O. The van der Waals surface area contributed by atoms with Crippen molar-refractivity contribution in [2.75, 3.05) is 5.88 Å². The van der Waals surface area contributed by atoms with E-state index in [0.29, 0.717) is 5.56 Å². The Kier molecular flexibility index (Phi) is 3.81. The van der Waals surface area contributed by atoms with Crippen LogP contribution in [0.2, 0.25) is 0 Å². The van der Waals surface area contributed by atoms with Gasteiger partial charge in [0, 0.05) is 29.7 Å². The SMILES string of the molecule is Cc1cc(C(=O)CCl)c(C)n1CCn1ccnn1. The number of carbonyl (C=O) groups is 1. The minimum absolute atomic E-state index is 0.0212. The highest BCUT2D eigenvalue weighted by atomic mass is 35.5. The quantitative estimate of drug-likeness (QED) is 0.613. The molecule has 2 aromatic rings. The van der Waals surface area contributed by atoms with Gasteiger partial charge in [0.05, 0.1) is 18.6 Å². The second-order valence-corrected chi connectivity index (χ2v) is 4.43. The Hall–Kier alpha value is -1.62. The smallest absolute Gasteiger partial charge is 0.179 e. The molecule has 5 nitrogen and oxygen atoms in total. The molecule has 0 spiro atoms. The number of halogens is 1. The van der Waals surface area contributed by atoms with Gasteiger partial charge in [-0.15, -0.1) is 16.7 Å². The molecule has 0 bridgehead atoms. The summed E-state index contributed by atoms with van der Waals surface area (Å²) >= 11 is 5.60. The molecular weight excluding hydrogens is 252 g/mol. The summed E-state index contributed by atoms with van der Waals surface area (Å²) in [5.74, 6) is -0.00957. The van der Waals surface area contributed by atoms with Crippen LogP contribution in [0.15, 0.2) is 18.5 Å². The van der Waals surface area contributed by atoms with E-state index < -0.39 is 0 Å². The lowest BCUT2D eigenvalue weighted by Crippen LogP contribution is -2.11. The predicted molar refractivity (Wildman–Crippen MR) is 69.0 cm³/mol. The van der Waals surface area contributed by atoms with E-state index >= 15 is 0 Å². The van der Waals surface area contributed by atoms with Crippen molar-refractivity contribution in [3.05, 3.63) is 35.4 Å². The third-order valence-electron chi connectivity index (χ3n) is 3.02. The molecule has 0 saturated heterocycles. The van der Waals surface area contributed by atoms with Gasteiger partial charge in [0.2, 0.25) is 0 Å². The Morgan fingerprint density at radius 2 is 2.17 bits per heavy atom. The molecule has 2 rings (SSSR count). The standard InChI is InChI=1S/C12H15ClN4O/c1-9-7-11(12(18)8-13)10(2)17(9)6-5-16-4-3-14-15-16/h3-4,7H,5-6,8H2,1-2H3. The summed E-state index contributed by atoms with van der Waals surface area (Å²) in [7, 11) is 0. The number of hydrogen-bond acceptors (Lipinski definition) is 3. The van der Waals surface area contributed by atoms with Gasteiger partial charge < -0.3 is 4.57 Å². The molecule has 0 atom stereocenters. The molecule has 0 N–H and O–H groups in total. The summed E-state index contributed by atoms with van der Waals surface area (Å²) in [6, 6.07) is 1.89. The topological polar surface area (TPSA) is 52.7 Å². The number of ketones is 1. The van der Waals surface area contributed by atoms with Crippen molar-refractivity contribution in [3.8, 4) is 0 Å². The molecule has 2 aromatic heterocycles. The molecule has 0 aliphatic carbocycles. The Labute approximate surface area is 110 Å². The van der Waals surface area contributed by atoms with Crippen LogP contribution in [0.5, 0.6) is 0 Å². The second kappa shape index (κ2) is 5.35. The summed E-state index contributed by atoms with van der Waals surface area (Å²) < 4.78 is 3.86. The van der Waals surface area contributed by atoms with E-state index in [1.54, 1.807) is 10.9 Å². The predicted octanol–water partition coefficient (Wildman–Crippen LogP) is 1.82. The fourth-order valence-corrected chi connectivity index (χ4v) is 2.20. The van der Waals surface area contributed by atoms with Gasteiger partial charge in [-0.2, -0.15) is 0 Å². The average Bonchev–Trinajstić information content (AvgIpc) is 2.96.